The summed E-state index contributed by atoms with van der Waals surface area (Å²) in [6, 6.07) is 16.3. The molecule has 0 spiro atoms. The number of hydrogen-bond acceptors (Lipinski definition) is 4. The first-order valence-electron chi connectivity index (χ1n) is 8.72. The molecule has 136 valence electrons. The first-order chi connectivity index (χ1) is 13.1. The Bertz CT molecular complexity index is 996. The Morgan fingerprint density at radius 1 is 1.04 bits per heavy atom. The van der Waals surface area contributed by atoms with Gasteiger partial charge in [0.25, 0.3) is 0 Å². The van der Waals surface area contributed by atoms with Gasteiger partial charge in [-0.1, -0.05) is 41.9 Å². The number of halogens is 1. The minimum atomic E-state index is -0.260. The van der Waals surface area contributed by atoms with E-state index in [4.69, 9.17) is 11.6 Å². The lowest BCUT2D eigenvalue weighted by molar-refractivity contribution is -0.115. The lowest BCUT2D eigenvalue weighted by Gasteiger charge is -2.10. The maximum absolute atomic E-state index is 12.8. The molecule has 1 N–H and O–H groups in total. The minimum Gasteiger partial charge on any atom is -0.326 e. The summed E-state index contributed by atoms with van der Waals surface area (Å²) in [6.45, 7) is 0. The Morgan fingerprint density at radius 3 is 2.44 bits per heavy atom. The molecule has 2 aromatic carbocycles. The molecule has 6 nitrogen and oxygen atoms in total. The first kappa shape index (κ1) is 17.4. The number of para-hydroxylation sites is 1. The number of anilines is 1. The number of nitrogens with zero attached hydrogens (tertiary/aromatic N) is 3. The molecule has 0 saturated heterocycles. The molecule has 0 bridgehead atoms. The number of carbonyl (C=O) groups excluding carboxylic acids is 2. The molecule has 0 atom stereocenters. The molecule has 1 amide bonds. The minimum absolute atomic E-state index is 0.0434. The zero-order chi connectivity index (χ0) is 18.8. The summed E-state index contributed by atoms with van der Waals surface area (Å²) in [6.07, 6.45) is 1.63. The molecule has 1 aliphatic rings. The number of nitrogens with one attached hydrogen (secondary N) is 1. The fourth-order valence-corrected chi connectivity index (χ4v) is 3.08. The van der Waals surface area contributed by atoms with Gasteiger partial charge in [0.1, 0.15) is 5.82 Å². The summed E-state index contributed by atoms with van der Waals surface area (Å²) in [5.74, 6) is 0.301. The van der Waals surface area contributed by atoms with E-state index in [0.717, 1.165) is 12.8 Å². The van der Waals surface area contributed by atoms with Crippen LogP contribution in [0.4, 0.5) is 5.69 Å². The molecule has 27 heavy (non-hydrogen) atoms. The van der Waals surface area contributed by atoms with Crippen LogP contribution in [0.2, 0.25) is 5.02 Å². The van der Waals surface area contributed by atoms with Gasteiger partial charge in [0, 0.05) is 17.2 Å². The number of amides is 1. The number of benzene rings is 2. The molecular formula is C20H17ClN4O2. The normalized spacial score (nSPS) is 13.4. The summed E-state index contributed by atoms with van der Waals surface area (Å²) < 4.78 is 1.45. The smallest absolute Gasteiger partial charge is 0.236 e. The molecule has 1 fully saturated rings. The molecule has 7 heteroatoms. The Hall–Kier alpha value is -2.99. The van der Waals surface area contributed by atoms with E-state index in [0.29, 0.717) is 27.9 Å². The van der Waals surface area contributed by atoms with Gasteiger partial charge in [0.05, 0.1) is 11.4 Å². The molecular weight excluding hydrogens is 364 g/mol. The molecule has 3 aromatic rings. The Kier molecular flexibility index (Phi) is 4.73. The summed E-state index contributed by atoms with van der Waals surface area (Å²) in [5.41, 5.74) is 1.31. The third kappa shape index (κ3) is 3.75. The third-order valence-electron chi connectivity index (χ3n) is 4.37. The van der Waals surface area contributed by atoms with Crippen LogP contribution in [0.15, 0.2) is 54.6 Å². The van der Waals surface area contributed by atoms with Crippen LogP contribution in [-0.2, 0) is 11.2 Å². The van der Waals surface area contributed by atoms with Crippen molar-refractivity contribution in [3.63, 3.8) is 0 Å². The van der Waals surface area contributed by atoms with E-state index >= 15 is 0 Å². The van der Waals surface area contributed by atoms with Gasteiger partial charge in [0.15, 0.2) is 5.82 Å². The fraction of sp³-hybridized carbons (Fsp3) is 0.200. The van der Waals surface area contributed by atoms with Crippen LogP contribution in [0.5, 0.6) is 0 Å². The van der Waals surface area contributed by atoms with Gasteiger partial charge in [-0.05, 0) is 37.1 Å². The van der Waals surface area contributed by atoms with Crippen molar-refractivity contribution in [3.05, 3.63) is 65.4 Å². The number of hydrogen-bond donors (Lipinski definition) is 1. The lowest BCUT2D eigenvalue weighted by atomic mass is 10.2. The number of aromatic nitrogens is 3. The van der Waals surface area contributed by atoms with Crippen LogP contribution in [0, 0.1) is 5.92 Å². The van der Waals surface area contributed by atoms with Crippen molar-refractivity contribution in [1.29, 1.82) is 0 Å². The first-order valence-corrected chi connectivity index (χ1v) is 9.09. The van der Waals surface area contributed by atoms with Gasteiger partial charge in [-0.25, -0.2) is 4.57 Å². The van der Waals surface area contributed by atoms with Crippen LogP contribution >= 0.6 is 11.6 Å². The molecule has 1 heterocycles. The second-order valence-corrected chi connectivity index (χ2v) is 6.87. The van der Waals surface area contributed by atoms with E-state index in [1.165, 1.54) is 4.57 Å². The van der Waals surface area contributed by atoms with Crippen molar-refractivity contribution in [2.45, 2.75) is 19.3 Å². The predicted octanol–water partition coefficient (Wildman–Crippen LogP) is 3.83. The lowest BCUT2D eigenvalue weighted by Crippen LogP contribution is -2.22. The fourth-order valence-electron chi connectivity index (χ4n) is 2.86. The van der Waals surface area contributed by atoms with Crippen molar-refractivity contribution < 1.29 is 9.59 Å². The standard InChI is InChI=1S/C20H17ClN4O2/c21-16-9-5-4-8-15(16)19-24-23-17(25(19)20(27)13-10-11-13)12-18(26)22-14-6-2-1-3-7-14/h1-9,13H,10-12H2,(H,22,26). The van der Waals surface area contributed by atoms with E-state index < -0.39 is 0 Å². The van der Waals surface area contributed by atoms with Gasteiger partial charge < -0.3 is 5.32 Å². The maximum atomic E-state index is 12.8. The SMILES string of the molecule is O=C(Cc1nnc(-c2ccccc2Cl)n1C(=O)C1CC1)Nc1ccccc1. The zero-order valence-corrected chi connectivity index (χ0v) is 15.2. The molecule has 0 unspecified atom stereocenters. The largest absolute Gasteiger partial charge is 0.326 e. The van der Waals surface area contributed by atoms with Crippen LogP contribution in [-0.4, -0.2) is 26.6 Å². The van der Waals surface area contributed by atoms with E-state index in [1.807, 2.05) is 30.3 Å². The highest BCUT2D eigenvalue weighted by molar-refractivity contribution is 6.33. The van der Waals surface area contributed by atoms with Gasteiger partial charge in [-0.2, -0.15) is 0 Å². The van der Waals surface area contributed by atoms with E-state index in [9.17, 15) is 9.59 Å². The van der Waals surface area contributed by atoms with Crippen molar-refractivity contribution in [3.8, 4) is 11.4 Å². The number of rotatable bonds is 5. The molecule has 0 radical (unpaired) electrons. The van der Waals surface area contributed by atoms with Crippen LogP contribution in [0.25, 0.3) is 11.4 Å². The Labute approximate surface area is 161 Å². The van der Waals surface area contributed by atoms with E-state index in [2.05, 4.69) is 15.5 Å². The summed E-state index contributed by atoms with van der Waals surface area (Å²) in [7, 11) is 0. The molecule has 1 aromatic heterocycles. The van der Waals surface area contributed by atoms with Crippen molar-refractivity contribution in [2.24, 2.45) is 5.92 Å². The third-order valence-corrected chi connectivity index (χ3v) is 4.70. The molecule has 4 rings (SSSR count). The summed E-state index contributed by atoms with van der Waals surface area (Å²) in [5, 5.41) is 11.6. The highest BCUT2D eigenvalue weighted by Gasteiger charge is 2.34. The monoisotopic (exact) mass is 380 g/mol. The van der Waals surface area contributed by atoms with Crippen LogP contribution in [0.1, 0.15) is 23.5 Å². The Morgan fingerprint density at radius 2 is 1.74 bits per heavy atom. The second kappa shape index (κ2) is 7.32. The van der Waals surface area contributed by atoms with Gasteiger partial charge in [-0.3, -0.25) is 9.59 Å². The van der Waals surface area contributed by atoms with Gasteiger partial charge in [0.2, 0.25) is 11.8 Å². The molecule has 0 aliphatic heterocycles. The van der Waals surface area contributed by atoms with E-state index in [1.54, 1.807) is 24.3 Å². The topological polar surface area (TPSA) is 76.9 Å². The van der Waals surface area contributed by atoms with E-state index in [-0.39, 0.29) is 24.2 Å². The summed E-state index contributed by atoms with van der Waals surface area (Å²) >= 11 is 6.28. The van der Waals surface area contributed by atoms with Gasteiger partial charge in [-0.15, -0.1) is 10.2 Å². The van der Waals surface area contributed by atoms with Crippen LogP contribution in [0.3, 0.4) is 0 Å². The van der Waals surface area contributed by atoms with Crippen molar-refractivity contribution >= 4 is 29.1 Å². The molecule has 1 saturated carbocycles. The Balaban J connectivity index is 1.65. The second-order valence-electron chi connectivity index (χ2n) is 6.46. The van der Waals surface area contributed by atoms with Gasteiger partial charge >= 0.3 is 0 Å². The maximum Gasteiger partial charge on any atom is 0.236 e. The quantitative estimate of drug-likeness (QED) is 0.729. The summed E-state index contributed by atoms with van der Waals surface area (Å²) in [4.78, 5) is 25.3. The highest BCUT2D eigenvalue weighted by Crippen LogP contribution is 2.34. The van der Waals surface area contributed by atoms with Crippen molar-refractivity contribution in [1.82, 2.24) is 14.8 Å². The predicted molar refractivity (Wildman–Crippen MR) is 103 cm³/mol. The van der Waals surface area contributed by atoms with Crippen LogP contribution < -0.4 is 5.32 Å². The average Bonchev–Trinajstić information content (AvgIpc) is 3.44. The number of carbonyl (C=O) groups is 2. The highest BCUT2D eigenvalue weighted by atomic mass is 35.5. The average molecular weight is 381 g/mol. The van der Waals surface area contributed by atoms with Crippen molar-refractivity contribution in [2.75, 3.05) is 5.32 Å². The molecule has 1 aliphatic carbocycles. The zero-order valence-electron chi connectivity index (χ0n) is 14.4.